The lowest BCUT2D eigenvalue weighted by Gasteiger charge is -2.40. The predicted molar refractivity (Wildman–Crippen MR) is 88.3 cm³/mol. The van der Waals surface area contributed by atoms with Crippen LogP contribution < -0.4 is 0 Å². The van der Waals surface area contributed by atoms with E-state index < -0.39 is 0 Å². The molecular weight excluding hydrogens is 274 g/mol. The van der Waals surface area contributed by atoms with Crippen molar-refractivity contribution in [3.05, 3.63) is 35.9 Å². The van der Waals surface area contributed by atoms with Crippen molar-refractivity contribution in [3.8, 4) is 0 Å². The monoisotopic (exact) mass is 301 g/mol. The minimum Gasteiger partial charge on any atom is -0.342 e. The maximum absolute atomic E-state index is 12.2. The predicted octanol–water partition coefficient (Wildman–Crippen LogP) is 3.39. The Bertz CT molecular complexity index is 522. The Labute approximate surface area is 133 Å². The van der Waals surface area contributed by atoms with Gasteiger partial charge in [-0.3, -0.25) is 14.8 Å². The Morgan fingerprint density at radius 3 is 2.91 bits per heavy atom. The molecule has 0 radical (unpaired) electrons. The fourth-order valence-electron chi connectivity index (χ4n) is 3.02. The Balaban J connectivity index is 1.90. The molecule has 2 heterocycles. The first-order valence-electron chi connectivity index (χ1n) is 8.15. The SMILES string of the molecule is CC(C)=CCC[C@@]1(C)CCC(=O)N(CCc2cnccn2)C1. The van der Waals surface area contributed by atoms with Crippen molar-refractivity contribution >= 4 is 5.91 Å². The van der Waals surface area contributed by atoms with Crippen LogP contribution in [-0.2, 0) is 11.2 Å². The number of hydrogen-bond acceptors (Lipinski definition) is 3. The molecule has 0 spiro atoms. The number of carbonyl (C=O) groups excluding carboxylic acids is 1. The van der Waals surface area contributed by atoms with Gasteiger partial charge in [-0.25, -0.2) is 0 Å². The van der Waals surface area contributed by atoms with Crippen molar-refractivity contribution in [1.82, 2.24) is 14.9 Å². The number of aromatic nitrogens is 2. The molecule has 0 unspecified atom stereocenters. The second-order valence-electron chi connectivity index (χ2n) is 6.89. The lowest BCUT2D eigenvalue weighted by Crippen LogP contribution is -2.46. The molecule has 0 aliphatic carbocycles. The van der Waals surface area contributed by atoms with Crippen LogP contribution in [0.1, 0.15) is 52.1 Å². The van der Waals surface area contributed by atoms with E-state index in [1.807, 2.05) is 4.90 Å². The Hall–Kier alpha value is -1.71. The van der Waals surface area contributed by atoms with Gasteiger partial charge in [-0.05, 0) is 38.5 Å². The smallest absolute Gasteiger partial charge is 0.222 e. The maximum Gasteiger partial charge on any atom is 0.222 e. The first-order valence-corrected chi connectivity index (χ1v) is 8.15. The molecule has 1 fully saturated rings. The van der Waals surface area contributed by atoms with Crippen molar-refractivity contribution in [2.75, 3.05) is 13.1 Å². The highest BCUT2D eigenvalue weighted by Gasteiger charge is 2.34. The average Bonchev–Trinajstić information content (AvgIpc) is 2.49. The van der Waals surface area contributed by atoms with Crippen molar-refractivity contribution in [2.45, 2.75) is 52.9 Å². The Morgan fingerprint density at radius 2 is 2.23 bits per heavy atom. The summed E-state index contributed by atoms with van der Waals surface area (Å²) in [6.07, 6.45) is 12.2. The third-order valence-electron chi connectivity index (χ3n) is 4.42. The highest BCUT2D eigenvalue weighted by Crippen LogP contribution is 2.34. The minimum absolute atomic E-state index is 0.238. The number of likely N-dealkylation sites (tertiary alicyclic amines) is 1. The molecule has 1 atom stereocenters. The van der Waals surface area contributed by atoms with Gasteiger partial charge in [0.2, 0.25) is 5.91 Å². The summed E-state index contributed by atoms with van der Waals surface area (Å²) < 4.78 is 0. The number of piperidine rings is 1. The fourth-order valence-corrected chi connectivity index (χ4v) is 3.02. The van der Waals surface area contributed by atoms with E-state index in [1.54, 1.807) is 18.6 Å². The van der Waals surface area contributed by atoms with Gasteiger partial charge in [0.05, 0.1) is 5.69 Å². The number of amides is 1. The van der Waals surface area contributed by atoms with Crippen LogP contribution in [0.4, 0.5) is 0 Å². The Morgan fingerprint density at radius 1 is 1.41 bits per heavy atom. The summed E-state index contributed by atoms with van der Waals surface area (Å²) >= 11 is 0. The Kier molecular flexibility index (Phi) is 5.69. The molecule has 1 aromatic rings. The highest BCUT2D eigenvalue weighted by atomic mass is 16.2. The summed E-state index contributed by atoms with van der Waals surface area (Å²) in [5.41, 5.74) is 2.56. The van der Waals surface area contributed by atoms with E-state index in [2.05, 4.69) is 36.8 Å². The van der Waals surface area contributed by atoms with Gasteiger partial charge in [0.25, 0.3) is 0 Å². The largest absolute Gasteiger partial charge is 0.342 e. The van der Waals surface area contributed by atoms with Gasteiger partial charge < -0.3 is 4.90 Å². The highest BCUT2D eigenvalue weighted by molar-refractivity contribution is 5.77. The number of allylic oxidation sites excluding steroid dienone is 2. The number of rotatable bonds is 6. The molecule has 22 heavy (non-hydrogen) atoms. The van der Waals surface area contributed by atoms with E-state index in [-0.39, 0.29) is 11.3 Å². The zero-order valence-electron chi connectivity index (χ0n) is 14.0. The van der Waals surface area contributed by atoms with Crippen LogP contribution in [0, 0.1) is 5.41 Å². The van der Waals surface area contributed by atoms with Crippen LogP contribution in [0.3, 0.4) is 0 Å². The topological polar surface area (TPSA) is 46.1 Å². The molecule has 1 aromatic heterocycles. The third kappa shape index (κ3) is 4.93. The maximum atomic E-state index is 12.2. The van der Waals surface area contributed by atoms with Crippen LogP contribution in [-0.4, -0.2) is 33.9 Å². The van der Waals surface area contributed by atoms with E-state index in [0.717, 1.165) is 44.5 Å². The molecule has 0 aromatic carbocycles. The molecule has 2 rings (SSSR count). The summed E-state index contributed by atoms with van der Waals surface area (Å²) in [7, 11) is 0. The molecular formula is C18H27N3O. The van der Waals surface area contributed by atoms with Crippen LogP contribution in [0.5, 0.6) is 0 Å². The second kappa shape index (κ2) is 7.52. The van der Waals surface area contributed by atoms with E-state index >= 15 is 0 Å². The van der Waals surface area contributed by atoms with Crippen molar-refractivity contribution in [2.24, 2.45) is 5.41 Å². The molecule has 4 heteroatoms. The van der Waals surface area contributed by atoms with Gasteiger partial charge in [-0.2, -0.15) is 0 Å². The second-order valence-corrected chi connectivity index (χ2v) is 6.89. The first-order chi connectivity index (χ1) is 10.5. The van der Waals surface area contributed by atoms with E-state index in [9.17, 15) is 4.79 Å². The summed E-state index contributed by atoms with van der Waals surface area (Å²) in [5, 5.41) is 0. The quantitative estimate of drug-likeness (QED) is 0.757. The zero-order valence-corrected chi connectivity index (χ0v) is 14.0. The van der Waals surface area contributed by atoms with E-state index in [0.29, 0.717) is 6.42 Å². The van der Waals surface area contributed by atoms with Gasteiger partial charge in [0.15, 0.2) is 0 Å². The van der Waals surface area contributed by atoms with Crippen molar-refractivity contribution in [1.29, 1.82) is 0 Å². The van der Waals surface area contributed by atoms with Gasteiger partial charge in [0.1, 0.15) is 0 Å². The molecule has 1 amide bonds. The molecule has 0 N–H and O–H groups in total. The number of carbonyl (C=O) groups is 1. The number of nitrogens with zero attached hydrogens (tertiary/aromatic N) is 3. The zero-order chi connectivity index (χ0) is 16.0. The first kappa shape index (κ1) is 16.7. The summed E-state index contributed by atoms with van der Waals surface area (Å²) in [4.78, 5) is 22.5. The van der Waals surface area contributed by atoms with E-state index in [4.69, 9.17) is 0 Å². The summed E-state index contributed by atoms with van der Waals surface area (Å²) in [6.45, 7) is 8.20. The summed E-state index contributed by atoms with van der Waals surface area (Å²) in [6, 6.07) is 0. The lowest BCUT2D eigenvalue weighted by molar-refractivity contribution is -0.137. The molecule has 1 aliphatic heterocycles. The van der Waals surface area contributed by atoms with Gasteiger partial charge in [-0.15, -0.1) is 0 Å². The normalized spacial score (nSPS) is 21.8. The molecule has 1 saturated heterocycles. The van der Waals surface area contributed by atoms with E-state index in [1.165, 1.54) is 5.57 Å². The third-order valence-corrected chi connectivity index (χ3v) is 4.42. The van der Waals surface area contributed by atoms with Gasteiger partial charge in [0, 0.05) is 44.5 Å². The van der Waals surface area contributed by atoms with Crippen LogP contribution in [0.25, 0.3) is 0 Å². The minimum atomic E-state index is 0.238. The van der Waals surface area contributed by atoms with Gasteiger partial charge in [-0.1, -0.05) is 18.6 Å². The fraction of sp³-hybridized carbons (Fsp3) is 0.611. The van der Waals surface area contributed by atoms with Crippen molar-refractivity contribution in [3.63, 3.8) is 0 Å². The van der Waals surface area contributed by atoms with Gasteiger partial charge >= 0.3 is 0 Å². The molecule has 0 saturated carbocycles. The van der Waals surface area contributed by atoms with Crippen molar-refractivity contribution < 1.29 is 4.79 Å². The van der Waals surface area contributed by atoms with Crippen LogP contribution in [0.2, 0.25) is 0 Å². The molecule has 1 aliphatic rings. The van der Waals surface area contributed by atoms with Crippen LogP contribution >= 0.6 is 0 Å². The summed E-state index contributed by atoms with van der Waals surface area (Å²) in [5.74, 6) is 0.281. The lowest BCUT2D eigenvalue weighted by atomic mass is 9.77. The number of hydrogen-bond donors (Lipinski definition) is 0. The molecule has 4 nitrogen and oxygen atoms in total. The van der Waals surface area contributed by atoms with Crippen LogP contribution in [0.15, 0.2) is 30.2 Å². The molecule has 120 valence electrons. The standard InChI is InChI=1S/C18H27N3O/c1-15(2)5-4-8-18(3)9-6-17(22)21(14-18)12-7-16-13-19-10-11-20-16/h5,10-11,13H,4,6-9,12,14H2,1-3H3/t18-/m0/s1. The molecule has 0 bridgehead atoms. The average molecular weight is 301 g/mol.